The molecule has 2 aromatic carbocycles. The summed E-state index contributed by atoms with van der Waals surface area (Å²) in [6, 6.07) is 14.9. The van der Waals surface area contributed by atoms with Crippen LogP contribution in [0.1, 0.15) is 12.8 Å². The van der Waals surface area contributed by atoms with Crippen LogP contribution in [0.3, 0.4) is 0 Å². The van der Waals surface area contributed by atoms with Crippen molar-refractivity contribution in [3.05, 3.63) is 60.4 Å². The minimum atomic E-state index is -0.340. The molecular formula is C20H21FN2O3. The fourth-order valence-electron chi connectivity index (χ4n) is 2.92. The number of nitrogens with zero attached hydrogens (tertiary/aromatic N) is 1. The van der Waals surface area contributed by atoms with Crippen molar-refractivity contribution in [1.29, 1.82) is 0 Å². The number of rotatable bonds is 5. The lowest BCUT2D eigenvalue weighted by molar-refractivity contribution is -0.136. The molecule has 1 heterocycles. The van der Waals surface area contributed by atoms with Gasteiger partial charge in [0.05, 0.1) is 0 Å². The van der Waals surface area contributed by atoms with Crippen molar-refractivity contribution in [2.75, 3.05) is 25.0 Å². The topological polar surface area (TPSA) is 58.6 Å². The average Bonchev–Trinajstić information content (AvgIpc) is 2.69. The lowest BCUT2D eigenvalue weighted by atomic mass is 9.95. The zero-order valence-corrected chi connectivity index (χ0v) is 14.4. The van der Waals surface area contributed by atoms with Crippen LogP contribution in [0.5, 0.6) is 5.75 Å². The first-order valence-electron chi connectivity index (χ1n) is 8.64. The van der Waals surface area contributed by atoms with Gasteiger partial charge in [-0.1, -0.05) is 18.2 Å². The third-order valence-electron chi connectivity index (χ3n) is 4.44. The van der Waals surface area contributed by atoms with E-state index in [1.807, 2.05) is 18.2 Å². The van der Waals surface area contributed by atoms with Gasteiger partial charge >= 0.3 is 0 Å². The van der Waals surface area contributed by atoms with Crippen LogP contribution >= 0.6 is 0 Å². The van der Waals surface area contributed by atoms with Crippen molar-refractivity contribution < 1.29 is 18.7 Å². The Morgan fingerprint density at radius 1 is 1.04 bits per heavy atom. The molecule has 0 aliphatic carbocycles. The number of benzene rings is 2. The Bertz CT molecular complexity index is 741. The molecule has 3 rings (SSSR count). The fourth-order valence-corrected chi connectivity index (χ4v) is 2.92. The molecule has 26 heavy (non-hydrogen) atoms. The number of carbonyl (C=O) groups excluding carboxylic acids is 2. The van der Waals surface area contributed by atoms with Crippen LogP contribution in [0.25, 0.3) is 0 Å². The summed E-state index contributed by atoms with van der Waals surface area (Å²) in [7, 11) is 0. The number of piperidine rings is 1. The highest BCUT2D eigenvalue weighted by Crippen LogP contribution is 2.20. The maximum absolute atomic E-state index is 12.9. The number of carbonyl (C=O) groups is 2. The zero-order valence-electron chi connectivity index (χ0n) is 14.4. The molecule has 1 fully saturated rings. The second kappa shape index (κ2) is 8.47. The normalized spacial score (nSPS) is 14.7. The molecule has 0 bridgehead atoms. The molecule has 0 radical (unpaired) electrons. The minimum absolute atomic E-state index is 0.00352. The van der Waals surface area contributed by atoms with Crippen LogP contribution in [-0.2, 0) is 9.59 Å². The second-order valence-corrected chi connectivity index (χ2v) is 6.25. The summed E-state index contributed by atoms with van der Waals surface area (Å²) in [5.74, 6) is -0.00316. The van der Waals surface area contributed by atoms with E-state index in [2.05, 4.69) is 5.32 Å². The van der Waals surface area contributed by atoms with E-state index in [1.165, 1.54) is 24.3 Å². The Hall–Kier alpha value is -2.89. The number of hydrogen-bond donors (Lipinski definition) is 1. The lowest BCUT2D eigenvalue weighted by Gasteiger charge is -2.31. The van der Waals surface area contributed by atoms with E-state index in [1.54, 1.807) is 17.0 Å². The largest absolute Gasteiger partial charge is 0.484 e. The maximum atomic E-state index is 12.9. The predicted octanol–water partition coefficient (Wildman–Crippen LogP) is 3.08. The highest BCUT2D eigenvalue weighted by atomic mass is 19.1. The van der Waals surface area contributed by atoms with Gasteiger partial charge in [0.2, 0.25) is 5.91 Å². The van der Waals surface area contributed by atoms with E-state index in [-0.39, 0.29) is 30.2 Å². The fraction of sp³-hybridized carbons (Fsp3) is 0.300. The highest BCUT2D eigenvalue weighted by Gasteiger charge is 2.27. The van der Waals surface area contributed by atoms with Gasteiger partial charge in [-0.05, 0) is 49.2 Å². The number of amides is 2. The summed E-state index contributed by atoms with van der Waals surface area (Å²) in [6.07, 6.45) is 1.20. The highest BCUT2D eigenvalue weighted by molar-refractivity contribution is 5.92. The monoisotopic (exact) mass is 356 g/mol. The standard InChI is InChI=1S/C20H21FN2O3/c21-16-6-8-17(9-7-16)22-20(25)15-10-12-23(13-11-15)19(24)14-26-18-4-2-1-3-5-18/h1-9,15H,10-14H2,(H,22,25). The summed E-state index contributed by atoms with van der Waals surface area (Å²) in [5.41, 5.74) is 0.575. The summed E-state index contributed by atoms with van der Waals surface area (Å²) in [5, 5.41) is 2.80. The van der Waals surface area contributed by atoms with Crippen LogP contribution in [0.15, 0.2) is 54.6 Å². The van der Waals surface area contributed by atoms with Gasteiger partial charge in [-0.2, -0.15) is 0 Å². The number of nitrogens with one attached hydrogen (secondary N) is 1. The minimum Gasteiger partial charge on any atom is -0.484 e. The van der Waals surface area contributed by atoms with Crippen LogP contribution in [0, 0.1) is 11.7 Å². The molecule has 0 aromatic heterocycles. The van der Waals surface area contributed by atoms with E-state index in [0.29, 0.717) is 37.4 Å². The van der Waals surface area contributed by atoms with Gasteiger partial charge in [0, 0.05) is 24.7 Å². The SMILES string of the molecule is O=C(Nc1ccc(F)cc1)C1CCN(C(=O)COc2ccccc2)CC1. The number of halogens is 1. The molecule has 5 nitrogen and oxygen atoms in total. The van der Waals surface area contributed by atoms with Crippen molar-refractivity contribution in [1.82, 2.24) is 4.90 Å². The van der Waals surface area contributed by atoms with Crippen molar-refractivity contribution >= 4 is 17.5 Å². The molecule has 1 aliphatic heterocycles. The first kappa shape index (κ1) is 17.9. The van der Waals surface area contributed by atoms with Gasteiger partial charge in [0.15, 0.2) is 6.61 Å². The van der Waals surface area contributed by atoms with E-state index in [0.717, 1.165) is 0 Å². The lowest BCUT2D eigenvalue weighted by Crippen LogP contribution is -2.43. The summed E-state index contributed by atoms with van der Waals surface area (Å²) in [6.45, 7) is 1.05. The Labute approximate surface area is 151 Å². The number of ether oxygens (including phenoxy) is 1. The Balaban J connectivity index is 1.43. The molecular weight excluding hydrogens is 335 g/mol. The van der Waals surface area contributed by atoms with Gasteiger partial charge in [-0.3, -0.25) is 9.59 Å². The van der Waals surface area contributed by atoms with Crippen LogP contribution in [0.2, 0.25) is 0 Å². The Morgan fingerprint density at radius 3 is 2.35 bits per heavy atom. The third-order valence-corrected chi connectivity index (χ3v) is 4.44. The van der Waals surface area contributed by atoms with Crippen LogP contribution in [0.4, 0.5) is 10.1 Å². The quantitative estimate of drug-likeness (QED) is 0.896. The first-order chi connectivity index (χ1) is 12.6. The van der Waals surface area contributed by atoms with Crippen LogP contribution < -0.4 is 10.1 Å². The van der Waals surface area contributed by atoms with Gasteiger partial charge < -0.3 is 15.0 Å². The molecule has 2 aromatic rings. The van der Waals surface area contributed by atoms with Gasteiger partial charge in [-0.15, -0.1) is 0 Å². The molecule has 6 heteroatoms. The molecule has 0 spiro atoms. The van der Waals surface area contributed by atoms with Gasteiger partial charge in [0.1, 0.15) is 11.6 Å². The van der Waals surface area contributed by atoms with Crippen molar-refractivity contribution in [3.63, 3.8) is 0 Å². The molecule has 1 saturated heterocycles. The summed E-state index contributed by atoms with van der Waals surface area (Å²) >= 11 is 0. The third kappa shape index (κ3) is 4.81. The average molecular weight is 356 g/mol. The smallest absolute Gasteiger partial charge is 0.260 e. The molecule has 0 unspecified atom stereocenters. The second-order valence-electron chi connectivity index (χ2n) is 6.25. The first-order valence-corrected chi connectivity index (χ1v) is 8.64. The van der Waals surface area contributed by atoms with E-state index >= 15 is 0 Å². The molecule has 136 valence electrons. The molecule has 1 aliphatic rings. The van der Waals surface area contributed by atoms with Crippen LogP contribution in [-0.4, -0.2) is 36.4 Å². The summed E-state index contributed by atoms with van der Waals surface area (Å²) in [4.78, 5) is 26.3. The molecule has 2 amide bonds. The van der Waals surface area contributed by atoms with Gasteiger partial charge in [0.25, 0.3) is 5.91 Å². The van der Waals surface area contributed by atoms with E-state index in [4.69, 9.17) is 4.74 Å². The van der Waals surface area contributed by atoms with Crippen molar-refractivity contribution in [2.24, 2.45) is 5.92 Å². The Kier molecular flexibility index (Phi) is 5.84. The van der Waals surface area contributed by atoms with Crippen molar-refractivity contribution in [3.8, 4) is 5.75 Å². The summed E-state index contributed by atoms with van der Waals surface area (Å²) < 4.78 is 18.4. The van der Waals surface area contributed by atoms with E-state index < -0.39 is 0 Å². The van der Waals surface area contributed by atoms with Crippen molar-refractivity contribution in [2.45, 2.75) is 12.8 Å². The molecule has 1 N–H and O–H groups in total. The molecule has 0 atom stereocenters. The molecule has 0 saturated carbocycles. The Morgan fingerprint density at radius 2 is 1.69 bits per heavy atom. The number of anilines is 1. The number of para-hydroxylation sites is 1. The van der Waals surface area contributed by atoms with E-state index in [9.17, 15) is 14.0 Å². The zero-order chi connectivity index (χ0) is 18.4. The van der Waals surface area contributed by atoms with Gasteiger partial charge in [-0.25, -0.2) is 4.39 Å². The maximum Gasteiger partial charge on any atom is 0.260 e. The number of likely N-dealkylation sites (tertiary alicyclic amines) is 1. The predicted molar refractivity (Wildman–Crippen MR) is 96.3 cm³/mol. The number of hydrogen-bond acceptors (Lipinski definition) is 3.